The van der Waals surface area contributed by atoms with Gasteiger partial charge in [0.05, 0.1) is 11.5 Å². The molecule has 0 saturated carbocycles. The highest BCUT2D eigenvalue weighted by Crippen LogP contribution is 2.24. The molecule has 1 aromatic heterocycles. The van der Waals surface area contributed by atoms with Crippen molar-refractivity contribution >= 4 is 11.9 Å². The maximum atomic E-state index is 12.5. The number of ether oxygens (including phenoxy) is 1. The summed E-state index contributed by atoms with van der Waals surface area (Å²) < 4.78 is 40.7. The van der Waals surface area contributed by atoms with Crippen LogP contribution in [0.3, 0.4) is 0 Å². The summed E-state index contributed by atoms with van der Waals surface area (Å²) in [6.45, 7) is 0.461. The largest absolute Gasteiger partial charge is 0.481 e. The number of carbonyl (C=O) groups excluding carboxylic acids is 1. The SMILES string of the molecule is CC1CCC(C(=O)O)CN1C(=O)c1ccc(OCC(F)(F)F)nc1. The van der Waals surface area contributed by atoms with Crippen LogP contribution < -0.4 is 4.74 Å². The molecule has 0 bridgehead atoms. The molecular formula is C15H17F3N2O4. The Kier molecular flexibility index (Phi) is 5.30. The third-order valence-corrected chi connectivity index (χ3v) is 3.86. The molecule has 1 amide bonds. The van der Waals surface area contributed by atoms with Crippen LogP contribution in [0.1, 0.15) is 30.1 Å². The fourth-order valence-corrected chi connectivity index (χ4v) is 2.51. The van der Waals surface area contributed by atoms with E-state index in [9.17, 15) is 22.8 Å². The van der Waals surface area contributed by atoms with Gasteiger partial charge in [-0.1, -0.05) is 0 Å². The Morgan fingerprint density at radius 3 is 2.62 bits per heavy atom. The van der Waals surface area contributed by atoms with Crippen molar-refractivity contribution in [1.29, 1.82) is 0 Å². The molecule has 2 rings (SSSR count). The number of likely N-dealkylation sites (tertiary alicyclic amines) is 1. The van der Waals surface area contributed by atoms with Gasteiger partial charge in [-0.25, -0.2) is 4.98 Å². The molecule has 1 aliphatic rings. The Hall–Kier alpha value is -2.32. The van der Waals surface area contributed by atoms with E-state index in [0.29, 0.717) is 12.8 Å². The van der Waals surface area contributed by atoms with Crippen molar-refractivity contribution < 1.29 is 32.6 Å². The molecule has 0 aromatic carbocycles. The van der Waals surface area contributed by atoms with Crippen LogP contribution in [-0.2, 0) is 4.79 Å². The monoisotopic (exact) mass is 346 g/mol. The van der Waals surface area contributed by atoms with Crippen LogP contribution in [0, 0.1) is 5.92 Å². The normalized spacial score (nSPS) is 21.4. The molecule has 2 atom stereocenters. The first-order valence-corrected chi connectivity index (χ1v) is 7.37. The molecule has 6 nitrogen and oxygen atoms in total. The van der Waals surface area contributed by atoms with Gasteiger partial charge in [0, 0.05) is 24.8 Å². The van der Waals surface area contributed by atoms with Gasteiger partial charge in [0.2, 0.25) is 5.88 Å². The van der Waals surface area contributed by atoms with Gasteiger partial charge >= 0.3 is 12.1 Å². The van der Waals surface area contributed by atoms with Crippen LogP contribution in [0.2, 0.25) is 0 Å². The van der Waals surface area contributed by atoms with E-state index in [1.54, 1.807) is 0 Å². The average Bonchev–Trinajstić information content (AvgIpc) is 2.52. The molecule has 24 heavy (non-hydrogen) atoms. The molecule has 132 valence electrons. The Bertz CT molecular complexity index is 604. The van der Waals surface area contributed by atoms with Crippen molar-refractivity contribution in [3.05, 3.63) is 23.9 Å². The molecule has 2 heterocycles. The predicted octanol–water partition coefficient (Wildman–Crippen LogP) is 2.35. The van der Waals surface area contributed by atoms with Crippen LogP contribution in [-0.4, -0.2) is 52.2 Å². The van der Waals surface area contributed by atoms with Crippen LogP contribution in [0.4, 0.5) is 13.2 Å². The summed E-state index contributed by atoms with van der Waals surface area (Å²) in [4.78, 5) is 28.7. The van der Waals surface area contributed by atoms with E-state index in [1.807, 2.05) is 6.92 Å². The second-order valence-corrected chi connectivity index (χ2v) is 5.71. The second-order valence-electron chi connectivity index (χ2n) is 5.71. The maximum absolute atomic E-state index is 12.5. The van der Waals surface area contributed by atoms with E-state index in [0.717, 1.165) is 6.20 Å². The van der Waals surface area contributed by atoms with Crippen LogP contribution in [0.25, 0.3) is 0 Å². The number of carboxylic acids is 1. The first-order chi connectivity index (χ1) is 11.2. The van der Waals surface area contributed by atoms with Gasteiger partial charge in [0.1, 0.15) is 0 Å². The fourth-order valence-electron chi connectivity index (χ4n) is 2.51. The third kappa shape index (κ3) is 4.59. The Morgan fingerprint density at radius 2 is 2.08 bits per heavy atom. The smallest absolute Gasteiger partial charge is 0.422 e. The number of hydrogen-bond acceptors (Lipinski definition) is 4. The summed E-state index contributed by atoms with van der Waals surface area (Å²) >= 11 is 0. The topological polar surface area (TPSA) is 79.7 Å². The first-order valence-electron chi connectivity index (χ1n) is 7.37. The predicted molar refractivity (Wildman–Crippen MR) is 76.6 cm³/mol. The maximum Gasteiger partial charge on any atom is 0.422 e. The van der Waals surface area contributed by atoms with Gasteiger partial charge in [-0.15, -0.1) is 0 Å². The lowest BCUT2D eigenvalue weighted by Gasteiger charge is -2.36. The molecule has 2 unspecified atom stereocenters. The number of carboxylic acid groups (broad SMARTS) is 1. The Morgan fingerprint density at radius 1 is 1.38 bits per heavy atom. The third-order valence-electron chi connectivity index (χ3n) is 3.86. The summed E-state index contributed by atoms with van der Waals surface area (Å²) in [5.41, 5.74) is 0.173. The molecule has 1 aromatic rings. The standard InChI is InChI=1S/C15H17F3N2O4/c1-9-2-3-11(14(22)23)7-20(9)13(21)10-4-5-12(19-6-10)24-8-15(16,17)18/h4-6,9,11H,2-3,7-8H2,1H3,(H,22,23). The molecule has 9 heteroatoms. The van der Waals surface area contributed by atoms with Crippen molar-refractivity contribution in [3.63, 3.8) is 0 Å². The summed E-state index contributed by atoms with van der Waals surface area (Å²) in [7, 11) is 0. The number of pyridine rings is 1. The minimum Gasteiger partial charge on any atom is -0.481 e. The van der Waals surface area contributed by atoms with Gasteiger partial charge in [0.15, 0.2) is 6.61 Å². The average molecular weight is 346 g/mol. The number of aliphatic carboxylic acids is 1. The molecule has 1 N–H and O–H groups in total. The van der Waals surface area contributed by atoms with Crippen molar-refractivity contribution in [2.45, 2.75) is 32.0 Å². The molecule has 1 saturated heterocycles. The highest BCUT2D eigenvalue weighted by Gasteiger charge is 2.33. The van der Waals surface area contributed by atoms with Crippen LogP contribution >= 0.6 is 0 Å². The van der Waals surface area contributed by atoms with Crippen molar-refractivity contribution in [1.82, 2.24) is 9.88 Å². The Balaban J connectivity index is 2.04. The Labute approximate surface area is 136 Å². The minimum atomic E-state index is -4.47. The fraction of sp³-hybridized carbons (Fsp3) is 0.533. The summed E-state index contributed by atoms with van der Waals surface area (Å²) in [6, 6.07) is 2.38. The second kappa shape index (κ2) is 7.06. The van der Waals surface area contributed by atoms with Gasteiger partial charge in [0.25, 0.3) is 5.91 Å². The van der Waals surface area contributed by atoms with Gasteiger partial charge < -0.3 is 14.7 Å². The number of amides is 1. The van der Waals surface area contributed by atoms with Gasteiger partial charge in [-0.3, -0.25) is 9.59 Å². The van der Waals surface area contributed by atoms with Crippen LogP contribution in [0.15, 0.2) is 18.3 Å². The lowest BCUT2D eigenvalue weighted by molar-refractivity contribution is -0.154. The van der Waals surface area contributed by atoms with Crippen molar-refractivity contribution in [2.24, 2.45) is 5.92 Å². The highest BCUT2D eigenvalue weighted by molar-refractivity contribution is 5.94. The lowest BCUT2D eigenvalue weighted by Crippen LogP contribution is -2.47. The van der Waals surface area contributed by atoms with E-state index in [1.165, 1.54) is 17.0 Å². The highest BCUT2D eigenvalue weighted by atomic mass is 19.4. The number of hydrogen-bond donors (Lipinski definition) is 1. The number of aromatic nitrogens is 1. The number of halogens is 3. The lowest BCUT2D eigenvalue weighted by atomic mass is 9.93. The van der Waals surface area contributed by atoms with Crippen molar-refractivity contribution in [2.75, 3.05) is 13.2 Å². The number of alkyl halides is 3. The van der Waals surface area contributed by atoms with E-state index >= 15 is 0 Å². The van der Waals surface area contributed by atoms with Gasteiger partial charge in [-0.05, 0) is 25.8 Å². The zero-order valence-corrected chi connectivity index (χ0v) is 12.9. The van der Waals surface area contributed by atoms with E-state index in [4.69, 9.17) is 5.11 Å². The zero-order valence-electron chi connectivity index (χ0n) is 12.9. The number of rotatable bonds is 4. The number of piperidine rings is 1. The molecule has 1 aliphatic heterocycles. The zero-order chi connectivity index (χ0) is 17.9. The summed E-state index contributed by atoms with van der Waals surface area (Å²) in [5.74, 6) is -2.21. The van der Waals surface area contributed by atoms with E-state index in [2.05, 4.69) is 9.72 Å². The van der Waals surface area contributed by atoms with Crippen molar-refractivity contribution in [3.8, 4) is 5.88 Å². The summed E-state index contributed by atoms with van der Waals surface area (Å²) in [5, 5.41) is 9.10. The van der Waals surface area contributed by atoms with Crippen LogP contribution in [0.5, 0.6) is 5.88 Å². The first kappa shape index (κ1) is 18.0. The molecule has 0 radical (unpaired) electrons. The molecule has 0 aliphatic carbocycles. The molecular weight excluding hydrogens is 329 g/mol. The minimum absolute atomic E-state index is 0.0989. The van der Waals surface area contributed by atoms with E-state index < -0.39 is 30.6 Å². The number of nitrogens with zero attached hydrogens (tertiary/aromatic N) is 2. The summed E-state index contributed by atoms with van der Waals surface area (Å²) in [6.07, 6.45) is -2.26. The van der Waals surface area contributed by atoms with E-state index in [-0.39, 0.29) is 24.0 Å². The quantitative estimate of drug-likeness (QED) is 0.905. The van der Waals surface area contributed by atoms with Gasteiger partial charge in [-0.2, -0.15) is 13.2 Å². The number of carbonyl (C=O) groups is 2. The molecule has 1 fully saturated rings. The molecule has 0 spiro atoms.